The number of hydrogen-bond donors (Lipinski definition) is 0. The molecule has 4 aromatic rings. The number of oxazole rings is 1. The van der Waals surface area contributed by atoms with Crippen LogP contribution >= 0.6 is 0 Å². The SMILES string of the molecule is COc1ccc(C2C(c3cocn3)CCN2C=O)c2c1oc1ccccc12. The van der Waals surface area contributed by atoms with E-state index in [-0.39, 0.29) is 12.0 Å². The Morgan fingerprint density at radius 1 is 1.26 bits per heavy atom. The van der Waals surface area contributed by atoms with Crippen molar-refractivity contribution in [3.05, 3.63) is 60.3 Å². The predicted molar refractivity (Wildman–Crippen MR) is 99.6 cm³/mol. The molecule has 0 saturated carbocycles. The van der Waals surface area contributed by atoms with Crippen molar-refractivity contribution in [3.8, 4) is 5.75 Å². The molecule has 3 heterocycles. The molecule has 1 aliphatic heterocycles. The highest BCUT2D eigenvalue weighted by Gasteiger charge is 2.38. The van der Waals surface area contributed by atoms with Gasteiger partial charge in [-0.1, -0.05) is 24.3 Å². The van der Waals surface area contributed by atoms with Gasteiger partial charge in [0.05, 0.1) is 18.8 Å². The van der Waals surface area contributed by atoms with E-state index in [1.807, 2.05) is 41.3 Å². The first kappa shape index (κ1) is 15.9. The summed E-state index contributed by atoms with van der Waals surface area (Å²) in [5.74, 6) is 0.748. The number of methoxy groups -OCH3 is 1. The molecule has 0 aliphatic carbocycles. The predicted octanol–water partition coefficient (Wildman–Crippen LogP) is 4.27. The summed E-state index contributed by atoms with van der Waals surface area (Å²) in [4.78, 5) is 18.0. The fraction of sp³-hybridized carbons (Fsp3) is 0.238. The molecule has 2 aromatic carbocycles. The van der Waals surface area contributed by atoms with E-state index in [0.717, 1.165) is 40.4 Å². The molecule has 27 heavy (non-hydrogen) atoms. The number of amides is 1. The quantitative estimate of drug-likeness (QED) is 0.507. The second-order valence-electron chi connectivity index (χ2n) is 6.76. The largest absolute Gasteiger partial charge is 0.493 e. The number of rotatable bonds is 4. The second kappa shape index (κ2) is 6.16. The number of likely N-dealkylation sites (tertiary alicyclic amines) is 1. The molecule has 5 rings (SSSR count). The number of ether oxygens (including phenoxy) is 1. The van der Waals surface area contributed by atoms with Crippen molar-refractivity contribution in [2.75, 3.05) is 13.7 Å². The van der Waals surface area contributed by atoms with Crippen molar-refractivity contribution in [2.45, 2.75) is 18.4 Å². The van der Waals surface area contributed by atoms with Gasteiger partial charge in [0.15, 0.2) is 17.7 Å². The van der Waals surface area contributed by atoms with Crippen LogP contribution in [0.2, 0.25) is 0 Å². The van der Waals surface area contributed by atoms with E-state index in [0.29, 0.717) is 17.9 Å². The molecular weight excluding hydrogens is 344 g/mol. The highest BCUT2D eigenvalue weighted by Crippen LogP contribution is 2.47. The fourth-order valence-corrected chi connectivity index (χ4v) is 4.28. The van der Waals surface area contributed by atoms with E-state index in [4.69, 9.17) is 13.6 Å². The Bertz CT molecular complexity index is 1120. The Hall–Kier alpha value is -3.28. The van der Waals surface area contributed by atoms with Gasteiger partial charge in [-0.3, -0.25) is 4.79 Å². The lowest BCUT2D eigenvalue weighted by atomic mass is 9.89. The van der Waals surface area contributed by atoms with Crippen LogP contribution in [0.15, 0.2) is 57.9 Å². The Morgan fingerprint density at radius 3 is 2.93 bits per heavy atom. The normalized spacial score (nSPS) is 19.8. The van der Waals surface area contributed by atoms with Crippen LogP contribution in [0.5, 0.6) is 5.75 Å². The van der Waals surface area contributed by atoms with Gasteiger partial charge in [-0.05, 0) is 24.1 Å². The maximum absolute atomic E-state index is 11.8. The summed E-state index contributed by atoms with van der Waals surface area (Å²) in [5.41, 5.74) is 3.40. The topological polar surface area (TPSA) is 68.7 Å². The fourth-order valence-electron chi connectivity index (χ4n) is 4.28. The molecule has 1 fully saturated rings. The molecule has 1 aliphatic rings. The van der Waals surface area contributed by atoms with Crippen LogP contribution in [0.1, 0.15) is 29.6 Å². The number of carbonyl (C=O) groups is 1. The lowest BCUT2D eigenvalue weighted by Gasteiger charge is -2.25. The highest BCUT2D eigenvalue weighted by atomic mass is 16.5. The van der Waals surface area contributed by atoms with Crippen molar-refractivity contribution >= 4 is 28.3 Å². The van der Waals surface area contributed by atoms with E-state index >= 15 is 0 Å². The molecule has 0 N–H and O–H groups in total. The molecule has 1 amide bonds. The zero-order chi connectivity index (χ0) is 18.4. The monoisotopic (exact) mass is 362 g/mol. The smallest absolute Gasteiger partial charge is 0.210 e. The van der Waals surface area contributed by atoms with Gasteiger partial charge in [0.1, 0.15) is 11.8 Å². The van der Waals surface area contributed by atoms with Crippen LogP contribution in [0.25, 0.3) is 21.9 Å². The minimum Gasteiger partial charge on any atom is -0.493 e. The van der Waals surface area contributed by atoms with Crippen molar-refractivity contribution in [1.29, 1.82) is 0 Å². The zero-order valence-electron chi connectivity index (χ0n) is 14.8. The van der Waals surface area contributed by atoms with Crippen molar-refractivity contribution in [3.63, 3.8) is 0 Å². The molecule has 0 bridgehead atoms. The number of hydrogen-bond acceptors (Lipinski definition) is 5. The summed E-state index contributed by atoms with van der Waals surface area (Å²) in [6.45, 7) is 0.676. The molecule has 136 valence electrons. The molecule has 2 aromatic heterocycles. The van der Waals surface area contributed by atoms with E-state index in [1.165, 1.54) is 6.39 Å². The number of furan rings is 1. The summed E-state index contributed by atoms with van der Waals surface area (Å²) in [6.07, 6.45) is 4.86. The van der Waals surface area contributed by atoms with Gasteiger partial charge >= 0.3 is 0 Å². The summed E-state index contributed by atoms with van der Waals surface area (Å²) < 4.78 is 16.8. The third kappa shape index (κ3) is 2.33. The minimum absolute atomic E-state index is 0.0687. The van der Waals surface area contributed by atoms with E-state index in [1.54, 1.807) is 13.4 Å². The van der Waals surface area contributed by atoms with Crippen LogP contribution in [0, 0.1) is 0 Å². The van der Waals surface area contributed by atoms with Crippen molar-refractivity contribution < 1.29 is 18.4 Å². The number of aromatic nitrogens is 1. The second-order valence-corrected chi connectivity index (χ2v) is 6.76. The molecular formula is C21H18N2O4. The first-order chi connectivity index (χ1) is 13.3. The van der Waals surface area contributed by atoms with Crippen molar-refractivity contribution in [1.82, 2.24) is 9.88 Å². The molecule has 6 nitrogen and oxygen atoms in total. The summed E-state index contributed by atoms with van der Waals surface area (Å²) >= 11 is 0. The number of fused-ring (bicyclic) bond motifs is 3. The molecule has 0 spiro atoms. The lowest BCUT2D eigenvalue weighted by Crippen LogP contribution is -2.23. The minimum atomic E-state index is -0.137. The van der Waals surface area contributed by atoms with Gasteiger partial charge in [-0.25, -0.2) is 4.98 Å². The lowest BCUT2D eigenvalue weighted by molar-refractivity contribution is -0.119. The third-order valence-corrected chi connectivity index (χ3v) is 5.46. The maximum atomic E-state index is 11.8. The highest BCUT2D eigenvalue weighted by molar-refractivity contribution is 6.09. The Balaban J connectivity index is 1.79. The van der Waals surface area contributed by atoms with Crippen molar-refractivity contribution in [2.24, 2.45) is 0 Å². The average Bonchev–Trinajstić information content (AvgIpc) is 3.44. The summed E-state index contributed by atoms with van der Waals surface area (Å²) in [7, 11) is 1.63. The van der Waals surface area contributed by atoms with Crippen LogP contribution in [0.3, 0.4) is 0 Å². The van der Waals surface area contributed by atoms with E-state index < -0.39 is 0 Å². The molecule has 2 atom stereocenters. The van der Waals surface area contributed by atoms with Gasteiger partial charge in [0.25, 0.3) is 0 Å². The van der Waals surface area contributed by atoms with Gasteiger partial charge in [0.2, 0.25) is 6.41 Å². The molecule has 6 heteroatoms. The Labute approximate surface area is 155 Å². The summed E-state index contributed by atoms with van der Waals surface area (Å²) in [5, 5.41) is 2.00. The molecule has 1 saturated heterocycles. The number of benzene rings is 2. The summed E-state index contributed by atoms with van der Waals surface area (Å²) in [6, 6.07) is 11.7. The van der Waals surface area contributed by atoms with Crippen LogP contribution in [-0.2, 0) is 4.79 Å². The standard InChI is InChI=1S/C21H18N2O4/c1-25-18-7-6-15(19-14-4-2-3-5-17(14)27-21(18)19)20-13(8-9-23(20)12-24)16-10-26-11-22-16/h2-7,10-13,20H,8-9H2,1H3. The van der Waals surface area contributed by atoms with Gasteiger partial charge in [-0.2, -0.15) is 0 Å². The van der Waals surface area contributed by atoms with Gasteiger partial charge < -0.3 is 18.5 Å². The van der Waals surface area contributed by atoms with Crippen LogP contribution in [0.4, 0.5) is 0 Å². The third-order valence-electron chi connectivity index (χ3n) is 5.46. The Morgan fingerprint density at radius 2 is 2.15 bits per heavy atom. The molecule has 0 radical (unpaired) electrons. The molecule has 2 unspecified atom stereocenters. The number of nitrogens with zero attached hydrogens (tertiary/aromatic N) is 2. The van der Waals surface area contributed by atoms with Gasteiger partial charge in [-0.15, -0.1) is 0 Å². The van der Waals surface area contributed by atoms with Crippen LogP contribution in [-0.4, -0.2) is 29.9 Å². The first-order valence-corrected chi connectivity index (χ1v) is 8.89. The Kier molecular flexibility index (Phi) is 3.63. The average molecular weight is 362 g/mol. The number of carbonyl (C=O) groups excluding carboxylic acids is 1. The number of para-hydroxylation sites is 1. The van der Waals surface area contributed by atoms with E-state index in [2.05, 4.69) is 4.98 Å². The maximum Gasteiger partial charge on any atom is 0.210 e. The van der Waals surface area contributed by atoms with Gasteiger partial charge in [0, 0.05) is 23.2 Å². The first-order valence-electron chi connectivity index (χ1n) is 8.89. The zero-order valence-corrected chi connectivity index (χ0v) is 14.8. The van der Waals surface area contributed by atoms with E-state index in [9.17, 15) is 4.79 Å². The van der Waals surface area contributed by atoms with Crippen LogP contribution < -0.4 is 4.74 Å².